The van der Waals surface area contributed by atoms with Crippen molar-refractivity contribution in [3.63, 3.8) is 0 Å². The van der Waals surface area contributed by atoms with Crippen LogP contribution in [0.3, 0.4) is 0 Å². The van der Waals surface area contributed by atoms with E-state index in [0.29, 0.717) is 29.4 Å². The fourth-order valence-corrected chi connectivity index (χ4v) is 3.66. The summed E-state index contributed by atoms with van der Waals surface area (Å²) in [6.07, 6.45) is 1.78. The Morgan fingerprint density at radius 1 is 0.969 bits per heavy atom. The van der Waals surface area contributed by atoms with Gasteiger partial charge in [-0.1, -0.05) is 0 Å². The molecule has 0 bridgehead atoms. The van der Waals surface area contributed by atoms with Crippen molar-refractivity contribution in [3.8, 4) is 0 Å². The van der Waals surface area contributed by atoms with Crippen LogP contribution in [0.15, 0.2) is 39.7 Å². The van der Waals surface area contributed by atoms with Crippen LogP contribution in [0, 0.1) is 27.7 Å². The maximum atomic E-state index is 11.8. The molecule has 0 amide bonds. The number of fused-ring (bicyclic) bond motifs is 1. The average molecular weight is 433 g/mol. The molecule has 2 heterocycles. The molecule has 0 unspecified atom stereocenters. The van der Waals surface area contributed by atoms with Crippen LogP contribution in [0.5, 0.6) is 0 Å². The van der Waals surface area contributed by atoms with Gasteiger partial charge in [0.2, 0.25) is 5.95 Å². The molecule has 166 valence electrons. The van der Waals surface area contributed by atoms with Gasteiger partial charge in [-0.15, -0.1) is 0 Å². The first-order valence-corrected chi connectivity index (χ1v) is 10.5. The molecular weight excluding hydrogens is 404 g/mol. The second-order valence-corrected chi connectivity index (χ2v) is 8.47. The van der Waals surface area contributed by atoms with Crippen molar-refractivity contribution in [2.45, 2.75) is 34.2 Å². The van der Waals surface area contributed by atoms with Crippen LogP contribution in [0.2, 0.25) is 0 Å². The molecule has 0 saturated carbocycles. The molecule has 0 aliphatic carbocycles. The number of rotatable bonds is 6. The van der Waals surface area contributed by atoms with Gasteiger partial charge in [-0.3, -0.25) is 4.98 Å². The number of anilines is 4. The fourth-order valence-electron chi connectivity index (χ4n) is 3.66. The van der Waals surface area contributed by atoms with Gasteiger partial charge in [0.1, 0.15) is 5.82 Å². The molecule has 3 N–H and O–H groups in total. The van der Waals surface area contributed by atoms with Gasteiger partial charge < -0.3 is 20.0 Å². The Morgan fingerprint density at radius 3 is 2.34 bits per heavy atom. The summed E-state index contributed by atoms with van der Waals surface area (Å²) in [4.78, 5) is 25.6. The zero-order chi connectivity index (χ0) is 23.0. The van der Waals surface area contributed by atoms with E-state index in [9.17, 15) is 4.79 Å². The highest BCUT2D eigenvalue weighted by Crippen LogP contribution is 2.27. The van der Waals surface area contributed by atoms with Crippen LogP contribution in [0.1, 0.15) is 27.8 Å². The summed E-state index contributed by atoms with van der Waals surface area (Å²) >= 11 is 0. The molecule has 0 saturated heterocycles. The molecule has 2 aromatic carbocycles. The van der Waals surface area contributed by atoms with Crippen molar-refractivity contribution in [2.75, 3.05) is 24.7 Å². The van der Waals surface area contributed by atoms with Crippen molar-refractivity contribution >= 4 is 34.2 Å². The highest BCUT2D eigenvalue weighted by Gasteiger charge is 2.13. The highest BCUT2D eigenvalue weighted by molar-refractivity contribution is 5.82. The van der Waals surface area contributed by atoms with E-state index in [1.54, 1.807) is 6.20 Å². The number of hydrogen-bond donors (Lipinski definition) is 3. The third-order valence-corrected chi connectivity index (χ3v) is 5.50. The number of oxazole rings is 1. The number of aromatic amines is 1. The summed E-state index contributed by atoms with van der Waals surface area (Å²) in [6, 6.07) is 8.01. The van der Waals surface area contributed by atoms with E-state index in [2.05, 4.69) is 58.5 Å². The lowest BCUT2D eigenvalue weighted by molar-refractivity contribution is 0.400. The van der Waals surface area contributed by atoms with Crippen molar-refractivity contribution in [1.29, 1.82) is 0 Å². The predicted octanol–water partition coefficient (Wildman–Crippen LogP) is 4.69. The monoisotopic (exact) mass is 432 g/mol. The number of benzene rings is 2. The number of aryl methyl sites for hydroxylation is 3. The number of nitrogens with one attached hydrogen (secondary N) is 3. The Hall–Kier alpha value is -3.65. The van der Waals surface area contributed by atoms with E-state index >= 15 is 0 Å². The van der Waals surface area contributed by atoms with Gasteiger partial charge in [0.05, 0.1) is 5.52 Å². The first-order valence-electron chi connectivity index (χ1n) is 10.5. The van der Waals surface area contributed by atoms with E-state index < -0.39 is 5.76 Å². The van der Waals surface area contributed by atoms with E-state index in [1.807, 2.05) is 38.1 Å². The molecule has 4 aromatic rings. The third-order valence-electron chi connectivity index (χ3n) is 5.50. The minimum atomic E-state index is -0.467. The van der Waals surface area contributed by atoms with Crippen molar-refractivity contribution in [1.82, 2.24) is 19.9 Å². The molecular formula is C24H28N6O2. The fraction of sp³-hybridized carbons (Fsp3) is 0.292. The molecule has 2 aromatic heterocycles. The molecule has 32 heavy (non-hydrogen) atoms. The zero-order valence-corrected chi connectivity index (χ0v) is 19.3. The lowest BCUT2D eigenvalue weighted by Crippen LogP contribution is -2.11. The highest BCUT2D eigenvalue weighted by atomic mass is 16.4. The summed E-state index contributed by atoms with van der Waals surface area (Å²) in [7, 11) is 3.94. The molecule has 0 aliphatic rings. The van der Waals surface area contributed by atoms with Gasteiger partial charge in [-0.25, -0.2) is 9.78 Å². The number of hydrogen-bond acceptors (Lipinski definition) is 7. The van der Waals surface area contributed by atoms with Gasteiger partial charge in [0.25, 0.3) is 0 Å². The van der Waals surface area contributed by atoms with Crippen LogP contribution in [0.4, 0.5) is 23.1 Å². The third kappa shape index (κ3) is 4.50. The lowest BCUT2D eigenvalue weighted by atomic mass is 10.0. The van der Waals surface area contributed by atoms with E-state index in [1.165, 1.54) is 16.7 Å². The zero-order valence-electron chi connectivity index (χ0n) is 19.3. The molecule has 4 rings (SSSR count). The standard InChI is InChI=1S/C24H28N6O2/c1-13-7-18(8-14(2)16(13)4)27-23-25-11-15(3)22(29-23)26-19-9-17(12-30(5)6)21-20(10-19)28-24(31)32-21/h7-11H,12H2,1-6H3,(H,28,31)(H2,25,26,27,29). The van der Waals surface area contributed by atoms with Gasteiger partial charge in [-0.05, 0) is 82.7 Å². The minimum absolute atomic E-state index is 0.467. The van der Waals surface area contributed by atoms with Crippen molar-refractivity contribution in [3.05, 3.63) is 68.8 Å². The predicted molar refractivity (Wildman–Crippen MR) is 128 cm³/mol. The Balaban J connectivity index is 1.66. The van der Waals surface area contributed by atoms with E-state index in [0.717, 1.165) is 22.5 Å². The first-order chi connectivity index (χ1) is 15.2. The molecule has 0 radical (unpaired) electrons. The number of aromatic nitrogens is 3. The number of nitrogens with zero attached hydrogens (tertiary/aromatic N) is 3. The maximum Gasteiger partial charge on any atom is 0.417 e. The first kappa shape index (κ1) is 21.6. The summed E-state index contributed by atoms with van der Waals surface area (Å²) in [5.74, 6) is 0.724. The quantitative estimate of drug-likeness (QED) is 0.406. The Labute approximate surface area is 186 Å². The molecule has 0 aliphatic heterocycles. The van der Waals surface area contributed by atoms with Crippen LogP contribution in [-0.2, 0) is 6.54 Å². The lowest BCUT2D eigenvalue weighted by Gasteiger charge is -2.14. The van der Waals surface area contributed by atoms with Gasteiger partial charge in [-0.2, -0.15) is 4.98 Å². The molecule has 8 heteroatoms. The largest absolute Gasteiger partial charge is 0.417 e. The summed E-state index contributed by atoms with van der Waals surface area (Å²) in [5.41, 5.74) is 8.50. The summed E-state index contributed by atoms with van der Waals surface area (Å²) in [5, 5.41) is 6.68. The van der Waals surface area contributed by atoms with Crippen LogP contribution in [-0.4, -0.2) is 33.9 Å². The van der Waals surface area contributed by atoms with Crippen LogP contribution >= 0.6 is 0 Å². The Kier molecular flexibility index (Phi) is 5.71. The maximum absolute atomic E-state index is 11.8. The Morgan fingerprint density at radius 2 is 1.66 bits per heavy atom. The van der Waals surface area contributed by atoms with Gasteiger partial charge in [0, 0.05) is 35.2 Å². The van der Waals surface area contributed by atoms with Crippen molar-refractivity contribution in [2.24, 2.45) is 0 Å². The van der Waals surface area contributed by atoms with E-state index in [4.69, 9.17) is 4.42 Å². The topological polar surface area (TPSA) is 99.1 Å². The SMILES string of the molecule is Cc1cnc(Nc2cc(C)c(C)c(C)c2)nc1Nc1cc(CN(C)C)c2oc(=O)[nH]c2c1. The van der Waals surface area contributed by atoms with Crippen molar-refractivity contribution < 1.29 is 4.42 Å². The number of H-pyrrole nitrogens is 1. The minimum Gasteiger partial charge on any atom is -0.408 e. The molecule has 0 spiro atoms. The average Bonchev–Trinajstić information content (AvgIpc) is 3.09. The normalized spacial score (nSPS) is 11.3. The second kappa shape index (κ2) is 8.47. The summed E-state index contributed by atoms with van der Waals surface area (Å²) in [6.45, 7) is 8.89. The summed E-state index contributed by atoms with van der Waals surface area (Å²) < 4.78 is 5.34. The van der Waals surface area contributed by atoms with Gasteiger partial charge in [0.15, 0.2) is 5.58 Å². The van der Waals surface area contributed by atoms with Crippen LogP contribution < -0.4 is 16.4 Å². The molecule has 0 atom stereocenters. The van der Waals surface area contributed by atoms with E-state index in [-0.39, 0.29) is 0 Å². The van der Waals surface area contributed by atoms with Gasteiger partial charge >= 0.3 is 5.76 Å². The molecule has 8 nitrogen and oxygen atoms in total. The second-order valence-electron chi connectivity index (χ2n) is 8.47. The Bertz CT molecular complexity index is 1330. The molecule has 0 fully saturated rings. The van der Waals surface area contributed by atoms with Crippen LogP contribution in [0.25, 0.3) is 11.1 Å². The smallest absolute Gasteiger partial charge is 0.408 e.